The minimum Gasteiger partial charge on any atom is -0.408 e. The number of carbonyl (C=O) groups is 1. The maximum atomic E-state index is 12.7. The molecule has 0 saturated carbocycles. The highest BCUT2D eigenvalue weighted by Crippen LogP contribution is 2.43. The number of benzene rings is 1. The van der Waals surface area contributed by atoms with Crippen molar-refractivity contribution in [2.24, 2.45) is 0 Å². The molecule has 1 aromatic carbocycles. The number of anilines is 1. The Balaban J connectivity index is 1.68. The second kappa shape index (κ2) is 9.35. The summed E-state index contributed by atoms with van der Waals surface area (Å²) < 4.78 is 14.5. The van der Waals surface area contributed by atoms with Gasteiger partial charge in [0.25, 0.3) is 5.91 Å². The maximum Gasteiger partial charge on any atom is 0.256 e. The molecule has 0 aliphatic carbocycles. The van der Waals surface area contributed by atoms with E-state index in [0.717, 1.165) is 0 Å². The van der Waals surface area contributed by atoms with Gasteiger partial charge in [0.1, 0.15) is 18.5 Å². The van der Waals surface area contributed by atoms with Gasteiger partial charge in [-0.15, -0.1) is 11.6 Å². The molecule has 0 radical (unpaired) electrons. The number of nitrogens with one attached hydrogen (secondary N) is 1. The first-order valence-electron chi connectivity index (χ1n) is 11.2. The average molecular weight is 504 g/mol. The normalized spacial score (nSPS) is 23.4. The number of nitrogens with zero attached hydrogens (tertiary/aromatic N) is 4. The van der Waals surface area contributed by atoms with Crippen LogP contribution in [0.3, 0.4) is 0 Å². The van der Waals surface area contributed by atoms with Gasteiger partial charge in [0, 0.05) is 5.56 Å². The zero-order valence-corrected chi connectivity index (χ0v) is 21.7. The molecule has 11 heteroatoms. The zero-order chi connectivity index (χ0) is 24.7. The van der Waals surface area contributed by atoms with Crippen molar-refractivity contribution in [1.82, 2.24) is 19.5 Å². The van der Waals surface area contributed by atoms with Crippen LogP contribution in [0.5, 0.6) is 0 Å². The fraction of sp³-hybridized carbons (Fsp3) is 0.478. The molecule has 3 heterocycles. The minimum atomic E-state index is -2.22. The first kappa shape index (κ1) is 24.7. The molecular formula is C23H30ClN5O4Si. The standard InChI is InChI=1S/C23H30ClN5O4Si/c1-23(2,3)34(4,5)33-18-16(24)15(11-30)32-22(18)29-13-27-17-19(25-12-26-20(17)29)28-21(31)14-9-7-6-8-10-14/h6-10,12-13,15-16,18,22,30H,11H2,1-5H3,(H,25,26,28,31)/t15-,16+,18-,22-/m1/s1. The predicted molar refractivity (Wildman–Crippen MR) is 132 cm³/mol. The number of halogens is 1. The monoisotopic (exact) mass is 503 g/mol. The summed E-state index contributed by atoms with van der Waals surface area (Å²) >= 11 is 6.72. The van der Waals surface area contributed by atoms with Crippen LogP contribution in [0.15, 0.2) is 43.0 Å². The molecule has 4 atom stereocenters. The van der Waals surface area contributed by atoms with Crippen LogP contribution in [0.1, 0.15) is 37.4 Å². The van der Waals surface area contributed by atoms with Crippen molar-refractivity contribution in [2.75, 3.05) is 11.9 Å². The summed E-state index contributed by atoms with van der Waals surface area (Å²) in [7, 11) is -2.22. The number of carbonyl (C=O) groups excluding carboxylic acids is 1. The van der Waals surface area contributed by atoms with Crippen molar-refractivity contribution in [3.63, 3.8) is 0 Å². The number of alkyl halides is 1. The van der Waals surface area contributed by atoms with E-state index in [9.17, 15) is 9.90 Å². The van der Waals surface area contributed by atoms with Gasteiger partial charge in [-0.25, -0.2) is 15.0 Å². The van der Waals surface area contributed by atoms with Gasteiger partial charge in [-0.05, 0) is 30.3 Å². The van der Waals surface area contributed by atoms with E-state index in [1.807, 2.05) is 6.07 Å². The number of amides is 1. The smallest absolute Gasteiger partial charge is 0.256 e. The molecule has 0 spiro atoms. The highest BCUT2D eigenvalue weighted by Gasteiger charge is 2.50. The molecule has 1 amide bonds. The fourth-order valence-electron chi connectivity index (χ4n) is 3.61. The van der Waals surface area contributed by atoms with Crippen LogP contribution in [-0.4, -0.2) is 63.0 Å². The summed E-state index contributed by atoms with van der Waals surface area (Å²) in [6.07, 6.45) is 1.17. The van der Waals surface area contributed by atoms with Crippen molar-refractivity contribution in [3.05, 3.63) is 48.5 Å². The number of imidazole rings is 1. The topological polar surface area (TPSA) is 111 Å². The quantitative estimate of drug-likeness (QED) is 0.386. The highest BCUT2D eigenvalue weighted by atomic mass is 35.5. The summed E-state index contributed by atoms with van der Waals surface area (Å²) in [6.45, 7) is 10.5. The molecule has 2 N–H and O–H groups in total. The second-order valence-electron chi connectivity index (χ2n) is 9.90. The van der Waals surface area contributed by atoms with Crippen LogP contribution in [-0.2, 0) is 9.16 Å². The average Bonchev–Trinajstić information content (AvgIpc) is 3.35. The number of fused-ring (bicyclic) bond motifs is 1. The van der Waals surface area contributed by atoms with Crippen LogP contribution >= 0.6 is 11.6 Å². The Morgan fingerprint density at radius 1 is 1.24 bits per heavy atom. The van der Waals surface area contributed by atoms with Crippen LogP contribution in [0.2, 0.25) is 18.1 Å². The lowest BCUT2D eigenvalue weighted by Gasteiger charge is -2.40. The zero-order valence-electron chi connectivity index (χ0n) is 19.9. The summed E-state index contributed by atoms with van der Waals surface area (Å²) in [5.41, 5.74) is 1.39. The van der Waals surface area contributed by atoms with Gasteiger partial charge in [-0.1, -0.05) is 39.0 Å². The van der Waals surface area contributed by atoms with Gasteiger partial charge in [0.15, 0.2) is 31.5 Å². The van der Waals surface area contributed by atoms with E-state index in [1.54, 1.807) is 35.2 Å². The van der Waals surface area contributed by atoms with Gasteiger partial charge in [0.05, 0.1) is 18.3 Å². The third kappa shape index (κ3) is 4.60. The summed E-state index contributed by atoms with van der Waals surface area (Å²) in [5.74, 6) is -0.00818. The Hall–Kier alpha value is -2.37. The molecule has 0 unspecified atom stereocenters. The number of aliphatic hydroxyl groups is 1. The van der Waals surface area contributed by atoms with Gasteiger partial charge < -0.3 is 19.6 Å². The molecular weight excluding hydrogens is 474 g/mol. The van der Waals surface area contributed by atoms with Crippen molar-refractivity contribution in [1.29, 1.82) is 0 Å². The number of ether oxygens (including phenoxy) is 1. The SMILES string of the molecule is CC(C)(C)[Si](C)(C)O[C@@H]1[C@@H](Cl)[C@@H](CO)O[C@H]1n1cnc2c(NC(=O)c3ccccc3)ncnc21. The van der Waals surface area contributed by atoms with E-state index in [-0.39, 0.29) is 17.6 Å². The number of aromatic nitrogens is 4. The summed E-state index contributed by atoms with van der Waals surface area (Å²) in [6, 6.07) is 8.86. The number of aliphatic hydroxyl groups excluding tert-OH is 1. The van der Waals surface area contributed by atoms with Crippen LogP contribution in [0.25, 0.3) is 11.2 Å². The largest absolute Gasteiger partial charge is 0.408 e. The molecule has 2 aromatic heterocycles. The predicted octanol–water partition coefficient (Wildman–Crippen LogP) is 3.97. The number of hydrogen-bond donors (Lipinski definition) is 2. The lowest BCUT2D eigenvalue weighted by Crippen LogP contribution is -2.47. The molecule has 34 heavy (non-hydrogen) atoms. The van der Waals surface area contributed by atoms with E-state index in [4.69, 9.17) is 20.8 Å². The lowest BCUT2D eigenvalue weighted by molar-refractivity contribution is -0.0459. The molecule has 1 fully saturated rings. The van der Waals surface area contributed by atoms with E-state index in [2.05, 4.69) is 54.1 Å². The van der Waals surface area contributed by atoms with Gasteiger partial charge >= 0.3 is 0 Å². The van der Waals surface area contributed by atoms with Crippen LogP contribution in [0.4, 0.5) is 5.82 Å². The molecule has 4 rings (SSSR count). The van der Waals surface area contributed by atoms with Crippen LogP contribution in [0, 0.1) is 0 Å². The molecule has 3 aromatic rings. The van der Waals surface area contributed by atoms with E-state index in [1.165, 1.54) is 6.33 Å². The molecule has 1 aliphatic heterocycles. The van der Waals surface area contributed by atoms with Crippen molar-refractivity contribution < 1.29 is 19.1 Å². The maximum absolute atomic E-state index is 12.7. The van der Waals surface area contributed by atoms with Crippen LogP contribution < -0.4 is 5.32 Å². The Morgan fingerprint density at radius 3 is 2.59 bits per heavy atom. The van der Waals surface area contributed by atoms with E-state index >= 15 is 0 Å². The molecule has 182 valence electrons. The van der Waals surface area contributed by atoms with Crippen molar-refractivity contribution in [2.45, 2.75) is 62.7 Å². The van der Waals surface area contributed by atoms with E-state index in [0.29, 0.717) is 22.5 Å². The van der Waals surface area contributed by atoms with Crippen molar-refractivity contribution >= 4 is 42.8 Å². The molecule has 9 nitrogen and oxygen atoms in total. The molecule has 1 saturated heterocycles. The number of hydrogen-bond acceptors (Lipinski definition) is 7. The van der Waals surface area contributed by atoms with Gasteiger partial charge in [0.2, 0.25) is 0 Å². The summed E-state index contributed by atoms with van der Waals surface area (Å²) in [5, 5.41) is 12.0. The molecule has 0 bridgehead atoms. The van der Waals surface area contributed by atoms with Gasteiger partial charge in [-0.2, -0.15) is 0 Å². The third-order valence-corrected chi connectivity index (χ3v) is 11.6. The van der Waals surface area contributed by atoms with Gasteiger partial charge in [-0.3, -0.25) is 9.36 Å². The minimum absolute atomic E-state index is 0.0421. The molecule has 1 aliphatic rings. The third-order valence-electron chi connectivity index (χ3n) is 6.58. The Morgan fingerprint density at radius 2 is 1.94 bits per heavy atom. The Bertz CT molecular complexity index is 1170. The summed E-state index contributed by atoms with van der Waals surface area (Å²) in [4.78, 5) is 25.7. The number of rotatable bonds is 6. The van der Waals surface area contributed by atoms with Crippen molar-refractivity contribution in [3.8, 4) is 0 Å². The lowest BCUT2D eigenvalue weighted by atomic mass is 10.2. The highest BCUT2D eigenvalue weighted by molar-refractivity contribution is 6.74. The first-order chi connectivity index (χ1) is 16.0. The van der Waals surface area contributed by atoms with E-state index < -0.39 is 32.1 Å². The fourth-order valence-corrected chi connectivity index (χ4v) is 5.31. The second-order valence-corrected chi connectivity index (χ2v) is 15.2. The Labute approximate surface area is 204 Å². The first-order valence-corrected chi connectivity index (χ1v) is 14.5. The Kier molecular flexibility index (Phi) is 6.80.